The summed E-state index contributed by atoms with van der Waals surface area (Å²) in [6, 6.07) is 1.58. The molecular formula is C14H27NO2. The average molecular weight is 241 g/mol. The monoisotopic (exact) mass is 241 g/mol. The van der Waals surface area contributed by atoms with Crippen molar-refractivity contribution in [1.82, 2.24) is 5.16 Å². The number of aromatic nitrogens is 1. The van der Waals surface area contributed by atoms with Gasteiger partial charge in [-0.25, -0.2) is 0 Å². The Morgan fingerprint density at radius 3 is 2.06 bits per heavy atom. The molecule has 0 radical (unpaired) electrons. The summed E-state index contributed by atoms with van der Waals surface area (Å²) in [5, 5.41) is 2.35. The minimum Gasteiger partial charge on any atom is -0.383 e. The van der Waals surface area contributed by atoms with Gasteiger partial charge in [0.25, 0.3) is 5.56 Å². The first-order valence-corrected chi connectivity index (χ1v) is 6.94. The van der Waals surface area contributed by atoms with E-state index in [1.54, 1.807) is 6.07 Å². The zero-order valence-electron chi connectivity index (χ0n) is 11.9. The third-order valence-electron chi connectivity index (χ3n) is 2.96. The third kappa shape index (κ3) is 5.24. The molecule has 0 bridgehead atoms. The van der Waals surface area contributed by atoms with Crippen LogP contribution in [0, 0.1) is 5.92 Å². The summed E-state index contributed by atoms with van der Waals surface area (Å²) >= 11 is 0. The highest BCUT2D eigenvalue weighted by molar-refractivity contribution is 5.03. The number of aromatic amines is 1. The number of rotatable bonds is 1. The Balaban J connectivity index is 0.000000581. The Morgan fingerprint density at radius 2 is 1.65 bits per heavy atom. The molecule has 100 valence electrons. The highest BCUT2D eigenvalue weighted by Crippen LogP contribution is 2.34. The van der Waals surface area contributed by atoms with Crippen LogP contribution in [0.1, 0.15) is 72.0 Å². The Hall–Kier alpha value is -0.990. The van der Waals surface area contributed by atoms with E-state index in [4.69, 9.17) is 4.52 Å². The zero-order chi connectivity index (χ0) is 13.3. The number of nitrogens with one attached hydrogen (secondary N) is 1. The SMILES string of the molecule is CC.CC.CC1CCC(c2cc(=O)[nH]o2)CC1. The largest absolute Gasteiger partial charge is 0.383 e. The van der Waals surface area contributed by atoms with Crippen LogP contribution in [0.25, 0.3) is 0 Å². The Labute approximate surface area is 105 Å². The molecule has 3 heteroatoms. The van der Waals surface area contributed by atoms with Crippen LogP contribution < -0.4 is 5.56 Å². The minimum atomic E-state index is -0.117. The van der Waals surface area contributed by atoms with Gasteiger partial charge in [0, 0.05) is 12.0 Å². The van der Waals surface area contributed by atoms with Gasteiger partial charge in [-0.05, 0) is 18.8 Å². The van der Waals surface area contributed by atoms with Gasteiger partial charge in [0.15, 0.2) is 0 Å². The summed E-state index contributed by atoms with van der Waals surface area (Å²) in [4.78, 5) is 10.8. The van der Waals surface area contributed by atoms with E-state index in [9.17, 15) is 4.79 Å². The normalized spacial score (nSPS) is 22.9. The predicted octanol–water partition coefficient (Wildman–Crippen LogP) is 4.31. The van der Waals surface area contributed by atoms with E-state index in [0.29, 0.717) is 5.92 Å². The van der Waals surface area contributed by atoms with Gasteiger partial charge in [-0.1, -0.05) is 47.5 Å². The molecule has 17 heavy (non-hydrogen) atoms. The molecule has 1 N–H and O–H groups in total. The summed E-state index contributed by atoms with van der Waals surface area (Å²) in [6.07, 6.45) is 4.81. The van der Waals surface area contributed by atoms with Crippen molar-refractivity contribution in [2.45, 2.75) is 66.2 Å². The molecule has 1 aliphatic rings. The lowest BCUT2D eigenvalue weighted by Gasteiger charge is -2.23. The topological polar surface area (TPSA) is 46.0 Å². The van der Waals surface area contributed by atoms with Gasteiger partial charge in [-0.15, -0.1) is 0 Å². The highest BCUT2D eigenvalue weighted by atomic mass is 16.5. The fraction of sp³-hybridized carbons (Fsp3) is 0.786. The van der Waals surface area contributed by atoms with Gasteiger partial charge in [0.1, 0.15) is 5.76 Å². The lowest BCUT2D eigenvalue weighted by Crippen LogP contribution is -2.10. The fourth-order valence-electron chi connectivity index (χ4n) is 2.04. The van der Waals surface area contributed by atoms with Gasteiger partial charge >= 0.3 is 0 Å². The molecule has 1 aliphatic carbocycles. The van der Waals surface area contributed by atoms with Crippen molar-refractivity contribution in [2.75, 3.05) is 0 Å². The van der Waals surface area contributed by atoms with Gasteiger partial charge < -0.3 is 4.52 Å². The van der Waals surface area contributed by atoms with Crippen molar-refractivity contribution >= 4 is 0 Å². The molecule has 0 aliphatic heterocycles. The van der Waals surface area contributed by atoms with Crippen LogP contribution in [0.3, 0.4) is 0 Å². The number of hydrogen-bond donors (Lipinski definition) is 1. The predicted molar refractivity (Wildman–Crippen MR) is 72.4 cm³/mol. The summed E-state index contributed by atoms with van der Waals surface area (Å²) in [5.74, 6) is 2.15. The summed E-state index contributed by atoms with van der Waals surface area (Å²) < 4.78 is 5.10. The van der Waals surface area contributed by atoms with Crippen LogP contribution in [0.4, 0.5) is 0 Å². The van der Waals surface area contributed by atoms with E-state index in [0.717, 1.165) is 24.5 Å². The lowest BCUT2D eigenvalue weighted by atomic mass is 9.82. The van der Waals surface area contributed by atoms with E-state index >= 15 is 0 Å². The van der Waals surface area contributed by atoms with E-state index < -0.39 is 0 Å². The van der Waals surface area contributed by atoms with E-state index in [1.807, 2.05) is 27.7 Å². The molecule has 0 spiro atoms. The van der Waals surface area contributed by atoms with Crippen molar-refractivity contribution < 1.29 is 4.52 Å². The van der Waals surface area contributed by atoms with Crippen molar-refractivity contribution in [3.63, 3.8) is 0 Å². The lowest BCUT2D eigenvalue weighted by molar-refractivity contribution is 0.286. The molecule has 3 nitrogen and oxygen atoms in total. The second kappa shape index (κ2) is 9.08. The maximum Gasteiger partial charge on any atom is 0.280 e. The zero-order valence-corrected chi connectivity index (χ0v) is 11.9. The molecule has 1 aromatic heterocycles. The molecule has 1 fully saturated rings. The summed E-state index contributed by atoms with van der Waals surface area (Å²) in [7, 11) is 0. The van der Waals surface area contributed by atoms with E-state index in [-0.39, 0.29) is 5.56 Å². The summed E-state index contributed by atoms with van der Waals surface area (Å²) in [6.45, 7) is 10.3. The molecule has 0 aromatic carbocycles. The Bertz CT molecular complexity index is 319. The highest BCUT2D eigenvalue weighted by Gasteiger charge is 2.22. The maximum atomic E-state index is 10.8. The van der Waals surface area contributed by atoms with Crippen LogP contribution in [-0.2, 0) is 0 Å². The molecule has 0 amide bonds. The average Bonchev–Trinajstić information content (AvgIpc) is 2.82. The van der Waals surface area contributed by atoms with Crippen LogP contribution in [0.5, 0.6) is 0 Å². The third-order valence-corrected chi connectivity index (χ3v) is 2.96. The Kier molecular flexibility index (Phi) is 8.55. The first-order chi connectivity index (χ1) is 8.25. The van der Waals surface area contributed by atoms with Crippen molar-refractivity contribution in [2.24, 2.45) is 5.92 Å². The standard InChI is InChI=1S/C10H15NO2.2C2H6/c1-7-2-4-8(5-3-7)9-6-10(12)11-13-9;2*1-2/h6-8H,2-5H2,1H3,(H,11,12);2*1-2H3. The molecule has 1 saturated carbocycles. The molecule has 0 atom stereocenters. The molecule has 1 aromatic rings. The molecule has 0 saturated heterocycles. The molecular weight excluding hydrogens is 214 g/mol. The van der Waals surface area contributed by atoms with Crippen LogP contribution in [0.15, 0.2) is 15.4 Å². The first-order valence-electron chi connectivity index (χ1n) is 6.94. The van der Waals surface area contributed by atoms with Gasteiger partial charge in [-0.3, -0.25) is 4.79 Å². The minimum absolute atomic E-state index is 0.117. The van der Waals surface area contributed by atoms with Gasteiger partial charge in [0.2, 0.25) is 0 Å². The summed E-state index contributed by atoms with van der Waals surface area (Å²) in [5.41, 5.74) is -0.117. The molecule has 2 rings (SSSR count). The van der Waals surface area contributed by atoms with Crippen LogP contribution >= 0.6 is 0 Å². The molecule has 1 heterocycles. The van der Waals surface area contributed by atoms with Crippen LogP contribution in [-0.4, -0.2) is 5.16 Å². The Morgan fingerprint density at radius 1 is 1.12 bits per heavy atom. The number of hydrogen-bond acceptors (Lipinski definition) is 2. The first kappa shape index (κ1) is 16.0. The molecule has 0 unspecified atom stereocenters. The number of H-pyrrole nitrogens is 1. The van der Waals surface area contributed by atoms with E-state index in [1.165, 1.54) is 12.8 Å². The van der Waals surface area contributed by atoms with Crippen molar-refractivity contribution in [1.29, 1.82) is 0 Å². The van der Waals surface area contributed by atoms with Crippen LogP contribution in [0.2, 0.25) is 0 Å². The van der Waals surface area contributed by atoms with Crippen molar-refractivity contribution in [3.8, 4) is 0 Å². The van der Waals surface area contributed by atoms with E-state index in [2.05, 4.69) is 12.1 Å². The second-order valence-corrected chi connectivity index (χ2v) is 4.07. The quantitative estimate of drug-likeness (QED) is 0.796. The van der Waals surface area contributed by atoms with Crippen molar-refractivity contribution in [3.05, 3.63) is 22.2 Å². The fourth-order valence-corrected chi connectivity index (χ4v) is 2.04. The smallest absolute Gasteiger partial charge is 0.280 e. The van der Waals surface area contributed by atoms with Gasteiger partial charge in [-0.2, -0.15) is 5.16 Å². The second-order valence-electron chi connectivity index (χ2n) is 4.07. The maximum absolute atomic E-state index is 10.8. The van der Waals surface area contributed by atoms with Gasteiger partial charge in [0.05, 0.1) is 0 Å².